The highest BCUT2D eigenvalue weighted by Crippen LogP contribution is 2.12. The van der Waals surface area contributed by atoms with Gasteiger partial charge >= 0.3 is 0 Å². The molecule has 1 heterocycles. The molecule has 0 saturated carbocycles. The molecular formula is C14H14O2. The number of benzene rings is 1. The first-order valence-electron chi connectivity index (χ1n) is 5.45. The molecule has 0 radical (unpaired) electrons. The Morgan fingerprint density at radius 1 is 1.06 bits per heavy atom. The third-order valence-corrected chi connectivity index (χ3v) is 2.50. The lowest BCUT2D eigenvalue weighted by atomic mass is 10.1. The zero-order chi connectivity index (χ0) is 11.4. The highest BCUT2D eigenvalue weighted by atomic mass is 16.3. The third-order valence-electron chi connectivity index (χ3n) is 2.50. The molecule has 0 unspecified atom stereocenters. The van der Waals surface area contributed by atoms with E-state index in [0.717, 1.165) is 23.5 Å². The number of Topliss-reactive ketones (excluding diaryl/α,β-unsaturated/α-hetero) is 1. The van der Waals surface area contributed by atoms with Gasteiger partial charge in [0.1, 0.15) is 11.5 Å². The summed E-state index contributed by atoms with van der Waals surface area (Å²) in [4.78, 5) is 11.9. The Morgan fingerprint density at radius 2 is 1.75 bits per heavy atom. The topological polar surface area (TPSA) is 30.2 Å². The van der Waals surface area contributed by atoms with Gasteiger partial charge in [-0.3, -0.25) is 4.79 Å². The molecule has 82 valence electrons. The van der Waals surface area contributed by atoms with Crippen molar-refractivity contribution < 1.29 is 9.21 Å². The SMILES string of the molecule is CCc1ccc(CC(=O)c2ccccc2)o1. The summed E-state index contributed by atoms with van der Waals surface area (Å²) in [5.41, 5.74) is 0.733. The predicted octanol–water partition coefficient (Wildman–Crippen LogP) is 3.27. The molecule has 2 nitrogen and oxygen atoms in total. The van der Waals surface area contributed by atoms with E-state index in [0.29, 0.717) is 6.42 Å². The molecule has 2 aromatic rings. The van der Waals surface area contributed by atoms with Crippen LogP contribution in [-0.4, -0.2) is 5.78 Å². The van der Waals surface area contributed by atoms with Crippen molar-refractivity contribution in [3.8, 4) is 0 Å². The van der Waals surface area contributed by atoms with Crippen molar-refractivity contribution >= 4 is 5.78 Å². The molecular weight excluding hydrogens is 200 g/mol. The molecule has 1 aromatic carbocycles. The Labute approximate surface area is 94.9 Å². The minimum atomic E-state index is 0.0950. The summed E-state index contributed by atoms with van der Waals surface area (Å²) in [6.07, 6.45) is 1.20. The lowest BCUT2D eigenvalue weighted by Gasteiger charge is -1.98. The molecule has 0 fully saturated rings. The van der Waals surface area contributed by atoms with Gasteiger partial charge in [-0.2, -0.15) is 0 Å². The van der Waals surface area contributed by atoms with Gasteiger partial charge < -0.3 is 4.42 Å². The summed E-state index contributed by atoms with van der Waals surface area (Å²) in [7, 11) is 0. The fourth-order valence-electron chi connectivity index (χ4n) is 1.59. The van der Waals surface area contributed by atoms with E-state index in [1.807, 2.05) is 49.4 Å². The Morgan fingerprint density at radius 3 is 2.38 bits per heavy atom. The van der Waals surface area contributed by atoms with E-state index in [1.54, 1.807) is 0 Å². The minimum absolute atomic E-state index is 0.0950. The minimum Gasteiger partial charge on any atom is -0.466 e. The molecule has 0 aliphatic rings. The van der Waals surface area contributed by atoms with Gasteiger partial charge in [-0.05, 0) is 12.1 Å². The van der Waals surface area contributed by atoms with E-state index in [4.69, 9.17) is 4.42 Å². The van der Waals surface area contributed by atoms with Gasteiger partial charge in [-0.15, -0.1) is 0 Å². The molecule has 0 aliphatic carbocycles. The normalized spacial score (nSPS) is 10.3. The zero-order valence-corrected chi connectivity index (χ0v) is 9.27. The number of hydrogen-bond acceptors (Lipinski definition) is 2. The third kappa shape index (κ3) is 2.40. The van der Waals surface area contributed by atoms with Gasteiger partial charge in [0.05, 0.1) is 6.42 Å². The van der Waals surface area contributed by atoms with Crippen LogP contribution in [0, 0.1) is 0 Å². The van der Waals surface area contributed by atoms with Crippen LogP contribution in [0.3, 0.4) is 0 Å². The van der Waals surface area contributed by atoms with Crippen molar-refractivity contribution in [3.63, 3.8) is 0 Å². The van der Waals surface area contributed by atoms with Crippen LogP contribution in [0.4, 0.5) is 0 Å². The van der Waals surface area contributed by atoms with Crippen LogP contribution in [0.25, 0.3) is 0 Å². The van der Waals surface area contributed by atoms with Gasteiger partial charge in [0.25, 0.3) is 0 Å². The predicted molar refractivity (Wildman–Crippen MR) is 62.6 cm³/mol. The Hall–Kier alpha value is -1.83. The quantitative estimate of drug-likeness (QED) is 0.731. The van der Waals surface area contributed by atoms with Crippen LogP contribution < -0.4 is 0 Å². The summed E-state index contributed by atoms with van der Waals surface area (Å²) >= 11 is 0. The molecule has 0 amide bonds. The van der Waals surface area contributed by atoms with Crippen molar-refractivity contribution in [1.82, 2.24) is 0 Å². The fourth-order valence-corrected chi connectivity index (χ4v) is 1.59. The second-order valence-electron chi connectivity index (χ2n) is 3.69. The molecule has 16 heavy (non-hydrogen) atoms. The summed E-state index contributed by atoms with van der Waals surface area (Å²) in [5, 5.41) is 0. The summed E-state index contributed by atoms with van der Waals surface area (Å²) in [5.74, 6) is 1.76. The van der Waals surface area contributed by atoms with Crippen molar-refractivity contribution in [2.45, 2.75) is 19.8 Å². The smallest absolute Gasteiger partial charge is 0.170 e. The van der Waals surface area contributed by atoms with Crippen molar-refractivity contribution in [2.75, 3.05) is 0 Å². The van der Waals surface area contributed by atoms with Crippen LogP contribution in [0.2, 0.25) is 0 Å². The summed E-state index contributed by atoms with van der Waals surface area (Å²) in [6.45, 7) is 2.03. The van der Waals surface area contributed by atoms with E-state index < -0.39 is 0 Å². The number of hydrogen-bond donors (Lipinski definition) is 0. The zero-order valence-electron chi connectivity index (χ0n) is 9.27. The maximum atomic E-state index is 11.9. The lowest BCUT2D eigenvalue weighted by molar-refractivity contribution is 0.0986. The second kappa shape index (κ2) is 4.79. The van der Waals surface area contributed by atoms with Crippen LogP contribution in [0.5, 0.6) is 0 Å². The highest BCUT2D eigenvalue weighted by molar-refractivity contribution is 5.97. The van der Waals surface area contributed by atoms with E-state index >= 15 is 0 Å². The van der Waals surface area contributed by atoms with Gasteiger partial charge in [0.15, 0.2) is 5.78 Å². The van der Waals surface area contributed by atoms with E-state index in [-0.39, 0.29) is 5.78 Å². The Kier molecular flexibility index (Phi) is 3.20. The molecule has 0 atom stereocenters. The van der Waals surface area contributed by atoms with Crippen LogP contribution in [0.15, 0.2) is 46.9 Å². The largest absolute Gasteiger partial charge is 0.466 e. The number of ketones is 1. The molecule has 2 heteroatoms. The van der Waals surface area contributed by atoms with E-state index in [9.17, 15) is 4.79 Å². The standard InChI is InChI=1S/C14H14O2/c1-2-12-8-9-13(16-12)10-14(15)11-6-4-3-5-7-11/h3-9H,2,10H2,1H3. The first kappa shape index (κ1) is 10.7. The number of carbonyl (C=O) groups excluding carboxylic acids is 1. The molecule has 2 rings (SSSR count). The molecule has 0 saturated heterocycles. The number of carbonyl (C=O) groups is 1. The highest BCUT2D eigenvalue weighted by Gasteiger charge is 2.09. The van der Waals surface area contributed by atoms with Crippen molar-refractivity contribution in [3.05, 3.63) is 59.5 Å². The molecule has 0 spiro atoms. The van der Waals surface area contributed by atoms with Gasteiger partial charge in [0.2, 0.25) is 0 Å². The Balaban J connectivity index is 2.08. The average Bonchev–Trinajstić information content (AvgIpc) is 2.78. The molecule has 0 aliphatic heterocycles. The average molecular weight is 214 g/mol. The van der Waals surface area contributed by atoms with Gasteiger partial charge in [0, 0.05) is 12.0 Å². The van der Waals surface area contributed by atoms with E-state index in [1.165, 1.54) is 0 Å². The first-order valence-corrected chi connectivity index (χ1v) is 5.45. The fraction of sp³-hybridized carbons (Fsp3) is 0.214. The van der Waals surface area contributed by atoms with Crippen LogP contribution >= 0.6 is 0 Å². The maximum Gasteiger partial charge on any atom is 0.170 e. The van der Waals surface area contributed by atoms with Crippen molar-refractivity contribution in [1.29, 1.82) is 0 Å². The first-order chi connectivity index (χ1) is 7.79. The van der Waals surface area contributed by atoms with Crippen molar-refractivity contribution in [2.24, 2.45) is 0 Å². The summed E-state index contributed by atoms with van der Waals surface area (Å²) < 4.78 is 5.50. The number of furan rings is 1. The van der Waals surface area contributed by atoms with Crippen LogP contribution in [-0.2, 0) is 12.8 Å². The number of rotatable bonds is 4. The maximum absolute atomic E-state index is 11.9. The summed E-state index contributed by atoms with van der Waals surface area (Å²) in [6, 6.07) is 13.1. The van der Waals surface area contributed by atoms with E-state index in [2.05, 4.69) is 0 Å². The molecule has 1 aromatic heterocycles. The molecule has 0 bridgehead atoms. The second-order valence-corrected chi connectivity index (χ2v) is 3.69. The Bertz CT molecular complexity index is 468. The monoisotopic (exact) mass is 214 g/mol. The van der Waals surface area contributed by atoms with Gasteiger partial charge in [-0.1, -0.05) is 37.3 Å². The number of aryl methyl sites for hydroxylation is 1. The van der Waals surface area contributed by atoms with Crippen LogP contribution in [0.1, 0.15) is 28.8 Å². The molecule has 0 N–H and O–H groups in total. The van der Waals surface area contributed by atoms with Gasteiger partial charge in [-0.25, -0.2) is 0 Å². The lowest BCUT2D eigenvalue weighted by Crippen LogP contribution is -2.02.